The van der Waals surface area contributed by atoms with Gasteiger partial charge in [-0.15, -0.1) is 0 Å². The van der Waals surface area contributed by atoms with Crippen molar-refractivity contribution in [1.82, 2.24) is 15.1 Å². The zero-order valence-corrected chi connectivity index (χ0v) is 20.1. The Hall–Kier alpha value is -3.65. The maximum absolute atomic E-state index is 12.8. The number of carbonyl (C=O) groups excluding carboxylic acids is 3. The van der Waals surface area contributed by atoms with Crippen LogP contribution in [0.25, 0.3) is 11.1 Å². The van der Waals surface area contributed by atoms with Gasteiger partial charge < -0.3 is 20.9 Å². The summed E-state index contributed by atoms with van der Waals surface area (Å²) in [7, 11) is 0. The molecular weight excluding hydrogens is 496 g/mol. The van der Waals surface area contributed by atoms with Crippen LogP contribution in [0.1, 0.15) is 20.7 Å². The molecule has 0 radical (unpaired) electrons. The highest BCUT2D eigenvalue weighted by Gasteiger charge is 2.26. The molecule has 1 aliphatic rings. The first-order chi connectivity index (χ1) is 16.4. The van der Waals surface area contributed by atoms with Gasteiger partial charge in [0.25, 0.3) is 11.8 Å². The largest absolute Gasteiger partial charge is 0.399 e. The normalized spacial score (nSPS) is 13.4. The van der Waals surface area contributed by atoms with E-state index in [0.717, 1.165) is 11.1 Å². The lowest BCUT2D eigenvalue weighted by atomic mass is 10.0. The maximum Gasteiger partial charge on any atom is 0.255 e. The van der Waals surface area contributed by atoms with E-state index in [0.29, 0.717) is 47.5 Å². The summed E-state index contributed by atoms with van der Waals surface area (Å²) in [5.74, 6) is -0.599. The van der Waals surface area contributed by atoms with Gasteiger partial charge in [0.15, 0.2) is 0 Å². The summed E-state index contributed by atoms with van der Waals surface area (Å²) in [5, 5.41) is 2.70. The number of halogens is 1. The van der Waals surface area contributed by atoms with E-state index in [2.05, 4.69) is 21.2 Å². The van der Waals surface area contributed by atoms with Crippen LogP contribution in [-0.4, -0.2) is 60.2 Å². The van der Waals surface area contributed by atoms with E-state index in [9.17, 15) is 14.4 Å². The van der Waals surface area contributed by atoms with Gasteiger partial charge in [-0.2, -0.15) is 0 Å². The number of rotatable bonds is 5. The predicted molar refractivity (Wildman–Crippen MR) is 135 cm³/mol. The van der Waals surface area contributed by atoms with Gasteiger partial charge >= 0.3 is 0 Å². The van der Waals surface area contributed by atoms with E-state index in [1.165, 1.54) is 0 Å². The van der Waals surface area contributed by atoms with Crippen LogP contribution in [-0.2, 0) is 4.79 Å². The van der Waals surface area contributed by atoms with E-state index in [1.807, 2.05) is 42.5 Å². The standard InChI is InChI=1S/C26H25BrN4O3/c27-23-11-10-21(28)16-22(23)26(34)31-14-12-30(13-15-31)24(32)17-29-25(33)20-8-6-19(7-9-20)18-4-2-1-3-5-18/h1-11,16H,12-15,17,28H2,(H,29,33). The number of nitrogens with zero attached hydrogens (tertiary/aromatic N) is 2. The molecule has 0 bridgehead atoms. The summed E-state index contributed by atoms with van der Waals surface area (Å²) in [6, 6.07) is 22.3. The molecule has 0 aliphatic carbocycles. The summed E-state index contributed by atoms with van der Waals surface area (Å²) in [4.78, 5) is 41.3. The highest BCUT2D eigenvalue weighted by Crippen LogP contribution is 2.22. The van der Waals surface area contributed by atoms with Crippen molar-refractivity contribution in [2.24, 2.45) is 0 Å². The highest BCUT2D eigenvalue weighted by atomic mass is 79.9. The molecule has 0 unspecified atom stereocenters. The van der Waals surface area contributed by atoms with Crippen LogP contribution in [0.15, 0.2) is 77.3 Å². The average molecular weight is 521 g/mol. The summed E-state index contributed by atoms with van der Waals surface area (Å²) >= 11 is 3.39. The highest BCUT2D eigenvalue weighted by molar-refractivity contribution is 9.10. The van der Waals surface area contributed by atoms with Crippen LogP contribution in [0.5, 0.6) is 0 Å². The lowest BCUT2D eigenvalue weighted by Crippen LogP contribution is -2.52. The quantitative estimate of drug-likeness (QED) is 0.504. The molecule has 174 valence electrons. The number of hydrogen-bond donors (Lipinski definition) is 2. The minimum absolute atomic E-state index is 0.0893. The minimum Gasteiger partial charge on any atom is -0.399 e. The monoisotopic (exact) mass is 520 g/mol. The van der Waals surface area contributed by atoms with E-state index in [4.69, 9.17) is 5.73 Å². The number of nitrogens with one attached hydrogen (secondary N) is 1. The number of carbonyl (C=O) groups is 3. The Balaban J connectivity index is 1.27. The minimum atomic E-state index is -0.298. The molecule has 0 spiro atoms. The summed E-state index contributed by atoms with van der Waals surface area (Å²) in [6.45, 7) is 1.56. The Bertz CT molecular complexity index is 1190. The molecule has 7 nitrogen and oxygen atoms in total. The van der Waals surface area contributed by atoms with Gasteiger partial charge in [0, 0.05) is 41.9 Å². The van der Waals surface area contributed by atoms with Crippen molar-refractivity contribution in [3.8, 4) is 11.1 Å². The Morgan fingerprint density at radius 2 is 1.44 bits per heavy atom. The van der Waals surface area contributed by atoms with Crippen LogP contribution in [0.4, 0.5) is 5.69 Å². The second kappa shape index (κ2) is 10.5. The number of anilines is 1. The van der Waals surface area contributed by atoms with E-state index < -0.39 is 0 Å². The molecule has 0 saturated carbocycles. The molecule has 1 heterocycles. The SMILES string of the molecule is Nc1ccc(Br)c(C(=O)N2CCN(C(=O)CNC(=O)c3ccc(-c4ccccc4)cc3)CC2)c1. The van der Waals surface area contributed by atoms with Crippen LogP contribution >= 0.6 is 15.9 Å². The molecule has 1 fully saturated rings. The fourth-order valence-electron chi connectivity index (χ4n) is 3.85. The summed E-state index contributed by atoms with van der Waals surface area (Å²) in [5.41, 5.74) is 9.43. The summed E-state index contributed by atoms with van der Waals surface area (Å²) < 4.78 is 0.685. The first kappa shape index (κ1) is 23.5. The van der Waals surface area contributed by atoms with Gasteiger partial charge in [-0.1, -0.05) is 42.5 Å². The number of amides is 3. The molecule has 3 N–H and O–H groups in total. The molecule has 1 aliphatic heterocycles. The van der Waals surface area contributed by atoms with Gasteiger partial charge in [0.2, 0.25) is 5.91 Å². The van der Waals surface area contributed by atoms with Crippen LogP contribution < -0.4 is 11.1 Å². The van der Waals surface area contributed by atoms with Crippen LogP contribution in [0.2, 0.25) is 0 Å². The Kier molecular flexibility index (Phi) is 7.27. The number of nitrogens with two attached hydrogens (primary N) is 1. The molecule has 8 heteroatoms. The Morgan fingerprint density at radius 1 is 0.824 bits per heavy atom. The smallest absolute Gasteiger partial charge is 0.255 e. The maximum atomic E-state index is 12.8. The topological polar surface area (TPSA) is 95.7 Å². The first-order valence-electron chi connectivity index (χ1n) is 11.0. The van der Waals surface area contributed by atoms with Gasteiger partial charge in [0.1, 0.15) is 0 Å². The average Bonchev–Trinajstić information content (AvgIpc) is 2.88. The number of piperazine rings is 1. The van der Waals surface area contributed by atoms with E-state index >= 15 is 0 Å². The Labute approximate surface area is 206 Å². The lowest BCUT2D eigenvalue weighted by Gasteiger charge is -2.35. The van der Waals surface area contributed by atoms with Crippen molar-refractivity contribution in [3.63, 3.8) is 0 Å². The third kappa shape index (κ3) is 5.46. The third-order valence-corrected chi connectivity index (χ3v) is 6.49. The van der Waals surface area contributed by atoms with Gasteiger partial charge in [-0.25, -0.2) is 0 Å². The van der Waals surface area contributed by atoms with Crippen molar-refractivity contribution >= 4 is 39.3 Å². The van der Waals surface area contributed by atoms with Crippen molar-refractivity contribution < 1.29 is 14.4 Å². The van der Waals surface area contributed by atoms with Crippen LogP contribution in [0.3, 0.4) is 0 Å². The fourth-order valence-corrected chi connectivity index (χ4v) is 4.27. The van der Waals surface area contributed by atoms with Gasteiger partial charge in [-0.3, -0.25) is 14.4 Å². The lowest BCUT2D eigenvalue weighted by molar-refractivity contribution is -0.131. The van der Waals surface area contributed by atoms with Crippen molar-refractivity contribution in [2.75, 3.05) is 38.5 Å². The van der Waals surface area contributed by atoms with E-state index in [1.54, 1.807) is 40.1 Å². The second-order valence-corrected chi connectivity index (χ2v) is 8.89. The zero-order valence-electron chi connectivity index (χ0n) is 18.5. The Morgan fingerprint density at radius 3 is 2.12 bits per heavy atom. The van der Waals surface area contributed by atoms with Crippen LogP contribution in [0, 0.1) is 0 Å². The van der Waals surface area contributed by atoms with Crippen molar-refractivity contribution in [1.29, 1.82) is 0 Å². The molecule has 3 aromatic carbocycles. The third-order valence-electron chi connectivity index (χ3n) is 5.79. The van der Waals surface area contributed by atoms with Crippen molar-refractivity contribution in [3.05, 3.63) is 88.4 Å². The molecule has 4 rings (SSSR count). The molecule has 3 amide bonds. The molecule has 34 heavy (non-hydrogen) atoms. The van der Waals surface area contributed by atoms with Crippen molar-refractivity contribution in [2.45, 2.75) is 0 Å². The zero-order chi connectivity index (χ0) is 24.1. The fraction of sp³-hybridized carbons (Fsp3) is 0.192. The van der Waals surface area contributed by atoms with E-state index in [-0.39, 0.29) is 24.3 Å². The first-order valence-corrected chi connectivity index (χ1v) is 11.8. The molecule has 0 aromatic heterocycles. The predicted octanol–water partition coefficient (Wildman–Crippen LogP) is 3.41. The summed E-state index contributed by atoms with van der Waals surface area (Å²) in [6.07, 6.45) is 0. The molecule has 3 aromatic rings. The van der Waals surface area contributed by atoms with Gasteiger partial charge in [0.05, 0.1) is 12.1 Å². The second-order valence-electron chi connectivity index (χ2n) is 8.04. The number of benzene rings is 3. The van der Waals surface area contributed by atoms with Gasteiger partial charge in [-0.05, 0) is 57.4 Å². The molecule has 1 saturated heterocycles. The number of nitrogen functional groups attached to an aromatic ring is 1. The molecule has 0 atom stereocenters. The number of hydrogen-bond acceptors (Lipinski definition) is 4. The molecular formula is C26H25BrN4O3.